The average molecular weight is 490 g/mol. The molecule has 2 aromatic rings. The fourth-order valence-electron chi connectivity index (χ4n) is 2.70. The number of nitrogens with one attached hydrogen (secondary N) is 2. The van der Waals surface area contributed by atoms with Crippen molar-refractivity contribution in [3.05, 3.63) is 79.4 Å². The van der Waals surface area contributed by atoms with E-state index in [0.29, 0.717) is 30.2 Å². The highest BCUT2D eigenvalue weighted by Gasteiger charge is 2.22. The molecule has 33 heavy (non-hydrogen) atoms. The van der Waals surface area contributed by atoms with E-state index in [1.165, 1.54) is 28.6 Å². The van der Waals surface area contributed by atoms with Crippen LogP contribution in [-0.2, 0) is 14.8 Å². The monoisotopic (exact) mass is 489 g/mol. The van der Waals surface area contributed by atoms with Crippen LogP contribution in [0, 0.1) is 0 Å². The van der Waals surface area contributed by atoms with E-state index in [1.54, 1.807) is 43.5 Å². The number of hydrogen-bond acceptors (Lipinski definition) is 6. The highest BCUT2D eigenvalue weighted by Crippen LogP contribution is 2.19. The number of thiocarbonyl (C=S) groups is 1. The molecular weight excluding hydrogens is 462 g/mol. The number of ether oxygens (including phenoxy) is 2. The van der Waals surface area contributed by atoms with Crippen molar-refractivity contribution in [1.29, 1.82) is 0 Å². The highest BCUT2D eigenvalue weighted by molar-refractivity contribution is 7.89. The summed E-state index contributed by atoms with van der Waals surface area (Å²) in [6.45, 7) is 8.41. The number of carbonyl (C=O) groups is 1. The molecule has 0 aliphatic carbocycles. The molecule has 0 atom stereocenters. The maximum atomic E-state index is 12.8. The Morgan fingerprint density at radius 1 is 1.03 bits per heavy atom. The van der Waals surface area contributed by atoms with Crippen molar-refractivity contribution in [3.63, 3.8) is 0 Å². The molecule has 0 spiro atoms. The second-order valence-electron chi connectivity index (χ2n) is 6.70. The second-order valence-corrected chi connectivity index (χ2v) is 9.04. The third-order valence-electron chi connectivity index (χ3n) is 4.32. The molecule has 1 amide bonds. The molecule has 0 bridgehead atoms. The maximum absolute atomic E-state index is 12.8. The van der Waals surface area contributed by atoms with Crippen molar-refractivity contribution >= 4 is 38.9 Å². The largest absolute Gasteiger partial charge is 0.491 e. The third kappa shape index (κ3) is 7.79. The molecule has 0 aromatic heterocycles. The first-order valence-corrected chi connectivity index (χ1v) is 11.8. The summed E-state index contributed by atoms with van der Waals surface area (Å²) >= 11 is 5.20. The zero-order chi connectivity index (χ0) is 24.3. The number of carbonyl (C=O) groups excluding carboxylic acids is 1. The number of sulfonamides is 1. The fourth-order valence-corrected chi connectivity index (χ4v) is 4.29. The standard InChI is InChI=1S/C23H27N3O5S2/c1-4-14-26(15-5-2)33(28,29)21-12-8-19(9-13-21)24-23(32)25-22(27)18-6-10-20(11-7-18)31-17-16-30-3/h4-13H,1-2,14-17H2,3H3,(H2,24,25,27,32). The van der Waals surface area contributed by atoms with Crippen LogP contribution in [0.25, 0.3) is 0 Å². The van der Waals surface area contributed by atoms with Gasteiger partial charge in [-0.25, -0.2) is 8.42 Å². The Morgan fingerprint density at radius 2 is 1.64 bits per heavy atom. The second kappa shape index (κ2) is 12.9. The van der Waals surface area contributed by atoms with Crippen LogP contribution < -0.4 is 15.4 Å². The van der Waals surface area contributed by atoms with Gasteiger partial charge in [-0.1, -0.05) is 12.2 Å². The van der Waals surface area contributed by atoms with Gasteiger partial charge >= 0.3 is 0 Å². The first-order valence-electron chi connectivity index (χ1n) is 9.98. The van der Waals surface area contributed by atoms with Crippen molar-refractivity contribution in [2.45, 2.75) is 4.90 Å². The van der Waals surface area contributed by atoms with Gasteiger partial charge in [0.05, 0.1) is 11.5 Å². The molecule has 10 heteroatoms. The maximum Gasteiger partial charge on any atom is 0.257 e. The van der Waals surface area contributed by atoms with Crippen LogP contribution in [0.5, 0.6) is 5.75 Å². The molecule has 0 unspecified atom stereocenters. The highest BCUT2D eigenvalue weighted by atomic mass is 32.2. The first kappa shape index (κ1) is 26.2. The lowest BCUT2D eigenvalue weighted by atomic mass is 10.2. The molecule has 0 aliphatic rings. The number of nitrogens with zero attached hydrogens (tertiary/aromatic N) is 1. The van der Waals surface area contributed by atoms with Crippen LogP contribution in [0.2, 0.25) is 0 Å². The van der Waals surface area contributed by atoms with E-state index in [1.807, 2.05) is 0 Å². The number of amides is 1. The zero-order valence-corrected chi connectivity index (χ0v) is 20.0. The van der Waals surface area contributed by atoms with Crippen molar-refractivity contribution in [1.82, 2.24) is 9.62 Å². The van der Waals surface area contributed by atoms with Crippen molar-refractivity contribution in [2.24, 2.45) is 0 Å². The molecule has 0 heterocycles. The number of hydrogen-bond donors (Lipinski definition) is 2. The summed E-state index contributed by atoms with van der Waals surface area (Å²) in [4.78, 5) is 12.5. The molecule has 176 valence electrons. The summed E-state index contributed by atoms with van der Waals surface area (Å²) < 4.78 is 37.2. The quantitative estimate of drug-likeness (QED) is 0.268. The van der Waals surface area contributed by atoms with Gasteiger partial charge in [-0.05, 0) is 60.7 Å². The summed E-state index contributed by atoms with van der Waals surface area (Å²) in [6.07, 6.45) is 3.03. The van der Waals surface area contributed by atoms with Crippen LogP contribution >= 0.6 is 12.2 Å². The van der Waals surface area contributed by atoms with E-state index in [4.69, 9.17) is 21.7 Å². The van der Waals surface area contributed by atoms with Crippen LogP contribution in [0.4, 0.5) is 5.69 Å². The van der Waals surface area contributed by atoms with Gasteiger partial charge < -0.3 is 14.8 Å². The van der Waals surface area contributed by atoms with Crippen molar-refractivity contribution in [2.75, 3.05) is 38.7 Å². The van der Waals surface area contributed by atoms with E-state index >= 15 is 0 Å². The van der Waals surface area contributed by atoms with Gasteiger partial charge in [-0.15, -0.1) is 13.2 Å². The molecule has 2 rings (SSSR count). The van der Waals surface area contributed by atoms with Crippen LogP contribution in [0.3, 0.4) is 0 Å². The van der Waals surface area contributed by atoms with Crippen molar-refractivity contribution < 1.29 is 22.7 Å². The van der Waals surface area contributed by atoms with E-state index in [0.717, 1.165) is 0 Å². The molecule has 0 saturated heterocycles. The summed E-state index contributed by atoms with van der Waals surface area (Å²) in [5.41, 5.74) is 0.935. The third-order valence-corrected chi connectivity index (χ3v) is 6.37. The van der Waals surface area contributed by atoms with Gasteiger partial charge in [0.1, 0.15) is 12.4 Å². The Hall–Kier alpha value is -3.05. The number of anilines is 1. The lowest BCUT2D eigenvalue weighted by Crippen LogP contribution is -2.34. The van der Waals surface area contributed by atoms with Gasteiger partial charge in [0.15, 0.2) is 5.11 Å². The summed E-state index contributed by atoms with van der Waals surface area (Å²) in [5, 5.41) is 5.53. The smallest absolute Gasteiger partial charge is 0.257 e. The number of methoxy groups -OCH3 is 1. The Kier molecular flexibility index (Phi) is 10.2. The predicted octanol–water partition coefficient (Wildman–Crippen LogP) is 3.20. The van der Waals surface area contributed by atoms with Gasteiger partial charge in [-0.3, -0.25) is 10.1 Å². The zero-order valence-electron chi connectivity index (χ0n) is 18.3. The number of benzene rings is 2. The SMILES string of the molecule is C=CCN(CC=C)S(=O)(=O)c1ccc(NC(=S)NC(=O)c2ccc(OCCOC)cc2)cc1. The minimum atomic E-state index is -3.69. The topological polar surface area (TPSA) is 97.0 Å². The van der Waals surface area contributed by atoms with E-state index in [9.17, 15) is 13.2 Å². The molecule has 0 saturated carbocycles. The molecule has 2 aromatic carbocycles. The lowest BCUT2D eigenvalue weighted by molar-refractivity contribution is 0.0977. The van der Waals surface area contributed by atoms with Gasteiger partial charge in [0, 0.05) is 31.5 Å². The predicted molar refractivity (Wildman–Crippen MR) is 133 cm³/mol. The van der Waals surface area contributed by atoms with Gasteiger partial charge in [0.2, 0.25) is 10.0 Å². The molecule has 0 fully saturated rings. The average Bonchev–Trinajstić information content (AvgIpc) is 2.80. The molecule has 2 N–H and O–H groups in total. The number of rotatable bonds is 12. The molecule has 0 aliphatic heterocycles. The normalized spacial score (nSPS) is 11.0. The molecular formula is C23H27N3O5S2. The van der Waals surface area contributed by atoms with Crippen LogP contribution in [-0.4, -0.2) is 57.2 Å². The van der Waals surface area contributed by atoms with Crippen LogP contribution in [0.1, 0.15) is 10.4 Å². The van der Waals surface area contributed by atoms with Gasteiger partial charge in [0.25, 0.3) is 5.91 Å². The summed E-state index contributed by atoms with van der Waals surface area (Å²) in [7, 11) is -2.10. The van der Waals surface area contributed by atoms with E-state index < -0.39 is 10.0 Å². The Labute approximate surface area is 199 Å². The Bertz CT molecular complexity index is 1060. The first-order chi connectivity index (χ1) is 15.8. The minimum Gasteiger partial charge on any atom is -0.491 e. The molecule has 0 radical (unpaired) electrons. The summed E-state index contributed by atoms with van der Waals surface area (Å²) in [5.74, 6) is 0.235. The summed E-state index contributed by atoms with van der Waals surface area (Å²) in [6, 6.07) is 12.7. The van der Waals surface area contributed by atoms with E-state index in [2.05, 4.69) is 23.8 Å². The lowest BCUT2D eigenvalue weighted by Gasteiger charge is -2.19. The minimum absolute atomic E-state index is 0.0796. The molecule has 8 nitrogen and oxygen atoms in total. The van der Waals surface area contributed by atoms with Gasteiger partial charge in [-0.2, -0.15) is 4.31 Å². The van der Waals surface area contributed by atoms with Crippen molar-refractivity contribution in [3.8, 4) is 5.75 Å². The Balaban J connectivity index is 1.96. The fraction of sp³-hybridized carbons (Fsp3) is 0.217. The Morgan fingerprint density at radius 3 is 2.18 bits per heavy atom. The van der Waals surface area contributed by atoms with E-state index in [-0.39, 0.29) is 29.0 Å². The van der Waals surface area contributed by atoms with Crippen LogP contribution in [0.15, 0.2) is 78.7 Å².